The van der Waals surface area contributed by atoms with Gasteiger partial charge >= 0.3 is 9.28 Å². The van der Waals surface area contributed by atoms with Crippen molar-refractivity contribution in [2.45, 2.75) is 44.1 Å². The Balaban J connectivity index is 1.94. The van der Waals surface area contributed by atoms with Gasteiger partial charge in [0.15, 0.2) is 0 Å². The van der Waals surface area contributed by atoms with Gasteiger partial charge in [-0.1, -0.05) is 12.8 Å². The minimum Gasteiger partial charge on any atom is -0.393 e. The lowest BCUT2D eigenvalue weighted by Crippen LogP contribution is -2.26. The molecule has 0 unspecified atom stereocenters. The second kappa shape index (κ2) is 4.39. The fourth-order valence-corrected chi connectivity index (χ4v) is 4.11. The topological polar surface area (TPSA) is 18.5 Å². The number of fused-ring (bicyclic) bond motifs is 1. The summed E-state index contributed by atoms with van der Waals surface area (Å²) < 4.78 is 11.5. The summed E-state index contributed by atoms with van der Waals surface area (Å²) in [4.78, 5) is 0. The highest BCUT2D eigenvalue weighted by atomic mass is 28.3. The normalized spacial score (nSPS) is 29.0. The molecule has 0 spiro atoms. The van der Waals surface area contributed by atoms with Gasteiger partial charge in [-0.2, -0.15) is 0 Å². The average molecular weight is 185 g/mol. The Kier molecular flexibility index (Phi) is 3.19. The second-order valence-corrected chi connectivity index (χ2v) is 5.74. The van der Waals surface area contributed by atoms with Crippen molar-refractivity contribution in [2.75, 3.05) is 13.2 Å². The van der Waals surface area contributed by atoms with Crippen LogP contribution in [0.3, 0.4) is 0 Å². The zero-order chi connectivity index (χ0) is 8.23. The summed E-state index contributed by atoms with van der Waals surface area (Å²) in [5.74, 6) is 0. The Morgan fingerprint density at radius 3 is 2.00 bits per heavy atom. The van der Waals surface area contributed by atoms with E-state index in [4.69, 9.17) is 8.85 Å². The molecule has 0 amide bonds. The van der Waals surface area contributed by atoms with E-state index in [1.54, 1.807) is 0 Å². The van der Waals surface area contributed by atoms with Crippen LogP contribution in [-0.2, 0) is 8.85 Å². The van der Waals surface area contributed by atoms with E-state index in [2.05, 4.69) is 0 Å². The van der Waals surface area contributed by atoms with Crippen LogP contribution in [0.4, 0.5) is 0 Å². The lowest BCUT2D eigenvalue weighted by Gasteiger charge is -2.17. The SMILES string of the molecule is C1CCC2CCCCO[Si]2OC1. The molecule has 0 bridgehead atoms. The summed E-state index contributed by atoms with van der Waals surface area (Å²) in [6, 6.07) is 0. The highest BCUT2D eigenvalue weighted by Crippen LogP contribution is 2.31. The van der Waals surface area contributed by atoms with Crippen molar-refractivity contribution in [3.8, 4) is 0 Å². The van der Waals surface area contributed by atoms with Crippen LogP contribution in [-0.4, -0.2) is 22.5 Å². The predicted molar refractivity (Wildman–Crippen MR) is 49.1 cm³/mol. The van der Waals surface area contributed by atoms with E-state index in [1.807, 2.05) is 0 Å². The van der Waals surface area contributed by atoms with E-state index in [0.717, 1.165) is 18.8 Å². The third-order valence-electron chi connectivity index (χ3n) is 2.72. The summed E-state index contributed by atoms with van der Waals surface area (Å²) in [5, 5.41) is 0. The monoisotopic (exact) mass is 185 g/mol. The molecule has 12 heavy (non-hydrogen) atoms. The molecule has 0 atom stereocenters. The Morgan fingerprint density at radius 1 is 0.833 bits per heavy atom. The molecule has 3 heteroatoms. The summed E-state index contributed by atoms with van der Waals surface area (Å²) >= 11 is 0. The minimum absolute atomic E-state index is 0.792. The van der Waals surface area contributed by atoms with Crippen molar-refractivity contribution in [3.05, 3.63) is 0 Å². The Morgan fingerprint density at radius 2 is 1.42 bits per heavy atom. The van der Waals surface area contributed by atoms with Crippen LogP contribution < -0.4 is 0 Å². The van der Waals surface area contributed by atoms with Crippen LogP contribution in [0.2, 0.25) is 5.54 Å². The van der Waals surface area contributed by atoms with Crippen LogP contribution in [0.15, 0.2) is 0 Å². The third kappa shape index (κ3) is 2.09. The molecule has 2 aliphatic heterocycles. The molecular weight excluding hydrogens is 168 g/mol. The lowest BCUT2D eigenvalue weighted by atomic mass is 10.1. The molecule has 0 aromatic rings. The Labute approximate surface area is 76.1 Å². The summed E-state index contributed by atoms with van der Waals surface area (Å²) in [7, 11) is -0.862. The van der Waals surface area contributed by atoms with Crippen molar-refractivity contribution in [2.24, 2.45) is 0 Å². The molecule has 0 aromatic carbocycles. The molecule has 2 aliphatic rings. The highest BCUT2D eigenvalue weighted by Gasteiger charge is 2.31. The number of rotatable bonds is 0. The van der Waals surface area contributed by atoms with Crippen LogP contribution in [0.1, 0.15) is 38.5 Å². The predicted octanol–water partition coefficient (Wildman–Crippen LogP) is 2.25. The quantitative estimate of drug-likeness (QED) is 0.539. The largest absolute Gasteiger partial charge is 0.393 e. The molecule has 0 aromatic heterocycles. The van der Waals surface area contributed by atoms with Crippen LogP contribution in [0.25, 0.3) is 0 Å². The second-order valence-electron chi connectivity index (χ2n) is 3.70. The molecule has 1 radical (unpaired) electrons. The van der Waals surface area contributed by atoms with Crippen LogP contribution in [0.5, 0.6) is 0 Å². The van der Waals surface area contributed by atoms with Crippen LogP contribution >= 0.6 is 0 Å². The molecule has 2 rings (SSSR count). The maximum Gasteiger partial charge on any atom is 0.388 e. The van der Waals surface area contributed by atoms with Crippen molar-refractivity contribution in [3.63, 3.8) is 0 Å². The van der Waals surface area contributed by atoms with Gasteiger partial charge in [0, 0.05) is 18.8 Å². The van der Waals surface area contributed by atoms with E-state index >= 15 is 0 Å². The smallest absolute Gasteiger partial charge is 0.388 e. The maximum absolute atomic E-state index is 5.77. The fraction of sp³-hybridized carbons (Fsp3) is 1.00. The molecule has 0 aliphatic carbocycles. The van der Waals surface area contributed by atoms with Crippen molar-refractivity contribution in [1.82, 2.24) is 0 Å². The van der Waals surface area contributed by atoms with Crippen molar-refractivity contribution >= 4 is 9.28 Å². The number of hydrogen-bond donors (Lipinski definition) is 0. The van der Waals surface area contributed by atoms with E-state index in [9.17, 15) is 0 Å². The highest BCUT2D eigenvalue weighted by molar-refractivity contribution is 6.46. The van der Waals surface area contributed by atoms with Gasteiger partial charge in [-0.05, 0) is 25.7 Å². The van der Waals surface area contributed by atoms with Gasteiger partial charge in [0.2, 0.25) is 0 Å². The first-order chi connectivity index (χ1) is 5.97. The standard InChI is InChI=1S/C9H17O2Si/c1-3-7-10-12-9(5-1)6-2-4-8-11-12/h9H,1-8H2. The fourth-order valence-electron chi connectivity index (χ4n) is 1.99. The van der Waals surface area contributed by atoms with Gasteiger partial charge in [0.25, 0.3) is 0 Å². The molecule has 0 saturated carbocycles. The summed E-state index contributed by atoms with van der Waals surface area (Å²) in [6.45, 7) is 1.90. The van der Waals surface area contributed by atoms with Gasteiger partial charge in [0.05, 0.1) is 0 Å². The number of hydrogen-bond acceptors (Lipinski definition) is 2. The van der Waals surface area contributed by atoms with Crippen LogP contribution in [0, 0.1) is 0 Å². The molecule has 0 N–H and O–H groups in total. The minimum atomic E-state index is -0.862. The summed E-state index contributed by atoms with van der Waals surface area (Å²) in [6.07, 6.45) is 7.90. The van der Waals surface area contributed by atoms with Gasteiger partial charge in [-0.15, -0.1) is 0 Å². The zero-order valence-electron chi connectivity index (χ0n) is 7.55. The third-order valence-corrected chi connectivity index (χ3v) is 4.94. The Bertz CT molecular complexity index is 112. The molecule has 2 nitrogen and oxygen atoms in total. The van der Waals surface area contributed by atoms with Gasteiger partial charge in [-0.25, -0.2) is 0 Å². The van der Waals surface area contributed by atoms with Gasteiger partial charge in [0.1, 0.15) is 0 Å². The zero-order valence-corrected chi connectivity index (χ0v) is 8.55. The van der Waals surface area contributed by atoms with Gasteiger partial charge in [-0.3, -0.25) is 0 Å². The van der Waals surface area contributed by atoms with Crippen molar-refractivity contribution in [1.29, 1.82) is 0 Å². The molecule has 2 fully saturated rings. The first-order valence-electron chi connectivity index (χ1n) is 5.09. The van der Waals surface area contributed by atoms with E-state index in [-0.39, 0.29) is 0 Å². The van der Waals surface area contributed by atoms with Crippen molar-refractivity contribution < 1.29 is 8.85 Å². The summed E-state index contributed by atoms with van der Waals surface area (Å²) in [5.41, 5.74) is 0.792. The Hall–Kier alpha value is 0.137. The molecular formula is C9H17O2Si. The van der Waals surface area contributed by atoms with E-state index < -0.39 is 9.28 Å². The molecule has 69 valence electrons. The first kappa shape index (κ1) is 8.72. The molecule has 2 heterocycles. The average Bonchev–Trinajstić information content (AvgIpc) is 2.38. The molecule has 2 saturated heterocycles. The lowest BCUT2D eigenvalue weighted by molar-refractivity contribution is 0.201. The van der Waals surface area contributed by atoms with Gasteiger partial charge < -0.3 is 8.85 Å². The maximum atomic E-state index is 5.77. The van der Waals surface area contributed by atoms with E-state index in [1.165, 1.54) is 38.5 Å². The van der Waals surface area contributed by atoms with E-state index in [0.29, 0.717) is 0 Å². The first-order valence-corrected chi connectivity index (χ1v) is 6.48.